The molecule has 0 saturated carbocycles. The van der Waals surface area contributed by atoms with Crippen LogP contribution >= 0.6 is 0 Å². The molecule has 0 fully saturated rings. The van der Waals surface area contributed by atoms with Crippen LogP contribution in [0.4, 0.5) is 5.69 Å². The lowest BCUT2D eigenvalue weighted by Crippen LogP contribution is -2.31. The maximum Gasteiger partial charge on any atom is 0.280 e. The van der Waals surface area contributed by atoms with Gasteiger partial charge in [0, 0.05) is 18.0 Å². The molecule has 3 aromatic rings. The molecule has 29 heavy (non-hydrogen) atoms. The molecule has 1 amide bonds. The highest BCUT2D eigenvalue weighted by Gasteiger charge is 2.21. The van der Waals surface area contributed by atoms with Crippen LogP contribution in [0.1, 0.15) is 15.9 Å². The van der Waals surface area contributed by atoms with Gasteiger partial charge >= 0.3 is 0 Å². The first-order chi connectivity index (χ1) is 14.0. The largest absolute Gasteiger partial charge is 0.506 e. The minimum Gasteiger partial charge on any atom is -0.506 e. The first-order valence-electron chi connectivity index (χ1n) is 8.48. The van der Waals surface area contributed by atoms with Gasteiger partial charge in [-0.25, -0.2) is 5.43 Å². The van der Waals surface area contributed by atoms with Gasteiger partial charge in [0.15, 0.2) is 0 Å². The highest BCUT2D eigenvalue weighted by Crippen LogP contribution is 2.26. The Morgan fingerprint density at radius 3 is 2.66 bits per heavy atom. The van der Waals surface area contributed by atoms with Gasteiger partial charge in [-0.2, -0.15) is 5.10 Å². The Morgan fingerprint density at radius 1 is 1.24 bits per heavy atom. The van der Waals surface area contributed by atoms with Crippen LogP contribution in [0.3, 0.4) is 0 Å². The number of fused-ring (bicyclic) bond motifs is 1. The summed E-state index contributed by atoms with van der Waals surface area (Å²) in [5.41, 5.74) is 1.38. The van der Waals surface area contributed by atoms with Crippen LogP contribution in [0.2, 0.25) is 0 Å². The van der Waals surface area contributed by atoms with Crippen molar-refractivity contribution in [2.45, 2.75) is 6.54 Å². The average Bonchev–Trinajstić information content (AvgIpc) is 2.71. The zero-order valence-corrected chi connectivity index (χ0v) is 15.1. The number of nitro benzene ring substituents is 1. The molecular formula is C20H16N4O5. The Labute approximate surface area is 164 Å². The number of aromatic hydroxyl groups is 1. The van der Waals surface area contributed by atoms with Crippen molar-refractivity contribution in [1.82, 2.24) is 9.99 Å². The van der Waals surface area contributed by atoms with Crippen molar-refractivity contribution >= 4 is 28.7 Å². The van der Waals surface area contributed by atoms with E-state index in [0.29, 0.717) is 10.9 Å². The molecule has 0 spiro atoms. The number of nitrogens with one attached hydrogen (secondary N) is 1. The number of benzene rings is 2. The van der Waals surface area contributed by atoms with E-state index in [1.54, 1.807) is 30.3 Å². The molecular weight excluding hydrogens is 376 g/mol. The molecule has 2 N–H and O–H groups in total. The summed E-state index contributed by atoms with van der Waals surface area (Å²) in [7, 11) is 0. The van der Waals surface area contributed by atoms with Crippen LogP contribution in [0, 0.1) is 10.1 Å². The van der Waals surface area contributed by atoms with E-state index in [9.17, 15) is 24.8 Å². The summed E-state index contributed by atoms with van der Waals surface area (Å²) in [6, 6.07) is 12.4. The Bertz CT molecular complexity index is 1210. The summed E-state index contributed by atoms with van der Waals surface area (Å²) in [4.78, 5) is 35.7. The number of hydrogen-bond donors (Lipinski definition) is 2. The molecule has 3 rings (SSSR count). The lowest BCUT2D eigenvalue weighted by molar-refractivity contribution is -0.385. The van der Waals surface area contributed by atoms with Crippen molar-refractivity contribution in [2.75, 3.05) is 0 Å². The summed E-state index contributed by atoms with van der Waals surface area (Å²) >= 11 is 0. The number of aromatic nitrogens is 1. The molecule has 2 aromatic carbocycles. The number of carbonyl (C=O) groups is 1. The van der Waals surface area contributed by atoms with Crippen LogP contribution in [-0.2, 0) is 6.54 Å². The number of nitrogens with zero attached hydrogens (tertiary/aromatic N) is 3. The Kier molecular flexibility index (Phi) is 5.49. The van der Waals surface area contributed by atoms with Gasteiger partial charge in [0.25, 0.3) is 17.2 Å². The highest BCUT2D eigenvalue weighted by molar-refractivity contribution is 6.02. The van der Waals surface area contributed by atoms with Gasteiger partial charge in [-0.15, -0.1) is 6.58 Å². The van der Waals surface area contributed by atoms with Crippen LogP contribution in [0.15, 0.2) is 71.1 Å². The van der Waals surface area contributed by atoms with E-state index in [1.165, 1.54) is 28.8 Å². The molecule has 0 aliphatic heterocycles. The average molecular weight is 392 g/mol. The molecule has 0 unspecified atom stereocenters. The van der Waals surface area contributed by atoms with E-state index >= 15 is 0 Å². The molecule has 9 heteroatoms. The topological polar surface area (TPSA) is 127 Å². The normalized spacial score (nSPS) is 10.9. The van der Waals surface area contributed by atoms with E-state index in [4.69, 9.17) is 0 Å². The van der Waals surface area contributed by atoms with Crippen LogP contribution in [0.25, 0.3) is 10.9 Å². The summed E-state index contributed by atoms with van der Waals surface area (Å²) < 4.78 is 1.31. The van der Waals surface area contributed by atoms with Crippen LogP contribution < -0.4 is 11.0 Å². The maximum atomic E-state index is 12.8. The number of hydrogen-bond acceptors (Lipinski definition) is 6. The second-order valence-corrected chi connectivity index (χ2v) is 5.96. The Morgan fingerprint density at radius 2 is 1.93 bits per heavy atom. The fraction of sp³-hybridized carbons (Fsp3) is 0.0500. The van der Waals surface area contributed by atoms with Gasteiger partial charge < -0.3 is 9.67 Å². The highest BCUT2D eigenvalue weighted by atomic mass is 16.6. The molecule has 0 aliphatic rings. The molecule has 0 radical (unpaired) electrons. The minimum atomic E-state index is -0.939. The first-order valence-corrected chi connectivity index (χ1v) is 8.48. The quantitative estimate of drug-likeness (QED) is 0.288. The summed E-state index contributed by atoms with van der Waals surface area (Å²) in [5, 5.41) is 25.5. The smallest absolute Gasteiger partial charge is 0.280 e. The SMILES string of the molecule is C=CCn1c(=O)c(C(=O)N/N=C/c2ccccc2[N+](=O)[O-])c(O)c2ccccc21. The van der Waals surface area contributed by atoms with Crippen LogP contribution in [-0.4, -0.2) is 26.7 Å². The summed E-state index contributed by atoms with van der Waals surface area (Å²) in [6.45, 7) is 3.74. The molecule has 0 saturated heterocycles. The predicted octanol–water partition coefficient (Wildman–Crippen LogP) is 2.57. The lowest BCUT2D eigenvalue weighted by Gasteiger charge is -2.12. The maximum absolute atomic E-state index is 12.8. The molecule has 0 atom stereocenters. The number of pyridine rings is 1. The predicted molar refractivity (Wildman–Crippen MR) is 108 cm³/mol. The molecule has 146 valence electrons. The van der Waals surface area contributed by atoms with E-state index in [0.717, 1.165) is 6.21 Å². The van der Waals surface area contributed by atoms with Crippen molar-refractivity contribution in [3.63, 3.8) is 0 Å². The van der Waals surface area contributed by atoms with Gasteiger partial charge in [0.1, 0.15) is 11.3 Å². The van der Waals surface area contributed by atoms with E-state index < -0.39 is 27.7 Å². The van der Waals surface area contributed by atoms with E-state index in [1.807, 2.05) is 0 Å². The lowest BCUT2D eigenvalue weighted by atomic mass is 10.1. The number of hydrazone groups is 1. The van der Waals surface area contributed by atoms with Crippen molar-refractivity contribution in [2.24, 2.45) is 5.10 Å². The van der Waals surface area contributed by atoms with Gasteiger partial charge in [0.05, 0.1) is 22.2 Å². The van der Waals surface area contributed by atoms with Gasteiger partial charge in [-0.1, -0.05) is 30.3 Å². The summed E-state index contributed by atoms with van der Waals surface area (Å²) in [6.07, 6.45) is 2.59. The number of para-hydroxylation sites is 2. The van der Waals surface area contributed by atoms with Gasteiger partial charge in [-0.3, -0.25) is 19.7 Å². The standard InChI is InChI=1S/C20H16N4O5/c1-2-11-23-16-10-6-4-8-14(16)18(25)17(20(23)27)19(26)22-21-12-13-7-3-5-9-15(13)24(28)29/h2-10,12,25H,1,11H2,(H,22,26)/b21-12+. The molecule has 0 bridgehead atoms. The number of amides is 1. The Balaban J connectivity index is 1.99. The monoisotopic (exact) mass is 392 g/mol. The number of carbonyl (C=O) groups excluding carboxylic acids is 1. The zero-order chi connectivity index (χ0) is 21.0. The second kappa shape index (κ2) is 8.17. The van der Waals surface area contributed by atoms with Crippen LogP contribution in [0.5, 0.6) is 5.75 Å². The molecule has 1 aromatic heterocycles. The van der Waals surface area contributed by atoms with E-state index in [2.05, 4.69) is 17.1 Å². The van der Waals surface area contributed by atoms with Gasteiger partial charge in [-0.05, 0) is 18.2 Å². The second-order valence-electron chi connectivity index (χ2n) is 5.96. The van der Waals surface area contributed by atoms with Crippen molar-refractivity contribution in [1.29, 1.82) is 0 Å². The van der Waals surface area contributed by atoms with Crippen molar-refractivity contribution in [3.05, 3.63) is 92.8 Å². The van der Waals surface area contributed by atoms with E-state index in [-0.39, 0.29) is 17.8 Å². The third-order valence-electron chi connectivity index (χ3n) is 4.19. The fourth-order valence-corrected chi connectivity index (χ4v) is 2.88. The molecule has 1 heterocycles. The number of allylic oxidation sites excluding steroid dienone is 1. The Hall–Kier alpha value is -4.27. The fourth-order valence-electron chi connectivity index (χ4n) is 2.88. The zero-order valence-electron chi connectivity index (χ0n) is 15.1. The summed E-state index contributed by atoms with van der Waals surface area (Å²) in [5.74, 6) is -1.41. The number of rotatable bonds is 6. The number of nitro groups is 1. The molecule has 0 aliphatic carbocycles. The van der Waals surface area contributed by atoms with Gasteiger partial charge in [0.2, 0.25) is 0 Å². The third-order valence-corrected chi connectivity index (χ3v) is 4.19. The van der Waals surface area contributed by atoms with Crippen molar-refractivity contribution < 1.29 is 14.8 Å². The third kappa shape index (κ3) is 3.74. The first kappa shape index (κ1) is 19.5. The minimum absolute atomic E-state index is 0.138. The molecule has 9 nitrogen and oxygen atoms in total. The van der Waals surface area contributed by atoms with Crippen molar-refractivity contribution in [3.8, 4) is 5.75 Å².